The van der Waals surface area contributed by atoms with Crippen molar-refractivity contribution in [3.05, 3.63) is 28.3 Å². The second kappa shape index (κ2) is 8.92. The summed E-state index contributed by atoms with van der Waals surface area (Å²) < 4.78 is 10.5. The molecule has 0 radical (unpaired) electrons. The highest BCUT2D eigenvalue weighted by Gasteiger charge is 2.23. The van der Waals surface area contributed by atoms with Crippen molar-refractivity contribution in [1.29, 1.82) is 0 Å². The summed E-state index contributed by atoms with van der Waals surface area (Å²) in [5.74, 6) is 0.987. The molecule has 1 fully saturated rings. The molecule has 0 bridgehead atoms. The third-order valence-corrected chi connectivity index (χ3v) is 5.05. The molecule has 0 unspecified atom stereocenters. The van der Waals surface area contributed by atoms with Gasteiger partial charge in [-0.25, -0.2) is 4.79 Å². The highest BCUT2D eigenvalue weighted by atomic mass is 16.6. The maximum atomic E-state index is 12.8. The van der Waals surface area contributed by atoms with E-state index in [1.807, 2.05) is 31.7 Å². The van der Waals surface area contributed by atoms with Gasteiger partial charge in [-0.2, -0.15) is 0 Å². The number of hydrogen-bond donors (Lipinski definition) is 0. The predicted molar refractivity (Wildman–Crippen MR) is 101 cm³/mol. The zero-order chi connectivity index (χ0) is 19.3. The topological polar surface area (TPSA) is 59.1 Å². The summed E-state index contributed by atoms with van der Waals surface area (Å²) in [7, 11) is 1.67. The number of amides is 2. The fraction of sp³-hybridized carbons (Fsp3) is 0.600. The molecule has 0 spiro atoms. The lowest BCUT2D eigenvalue weighted by atomic mass is 9.96. The Labute approximate surface area is 156 Å². The summed E-state index contributed by atoms with van der Waals surface area (Å²) in [6.07, 6.45) is 0.847. The Morgan fingerprint density at radius 3 is 2.35 bits per heavy atom. The van der Waals surface area contributed by atoms with E-state index in [0.717, 1.165) is 34.4 Å². The molecule has 2 rings (SSSR count). The Kier molecular flexibility index (Phi) is 6.89. The van der Waals surface area contributed by atoms with Crippen molar-refractivity contribution >= 4 is 12.0 Å². The van der Waals surface area contributed by atoms with Crippen LogP contribution in [0.3, 0.4) is 0 Å². The van der Waals surface area contributed by atoms with Crippen LogP contribution in [0.15, 0.2) is 6.07 Å². The summed E-state index contributed by atoms with van der Waals surface area (Å²) in [5.41, 5.74) is 4.27. The third kappa shape index (κ3) is 4.48. The van der Waals surface area contributed by atoms with Gasteiger partial charge in [0.25, 0.3) is 0 Å². The molecule has 6 nitrogen and oxygen atoms in total. The average molecular weight is 362 g/mol. The Morgan fingerprint density at radius 1 is 1.04 bits per heavy atom. The minimum atomic E-state index is -0.293. The third-order valence-electron chi connectivity index (χ3n) is 5.05. The lowest BCUT2D eigenvalue weighted by molar-refractivity contribution is -0.130. The normalized spacial score (nSPS) is 14.8. The van der Waals surface area contributed by atoms with Crippen LogP contribution in [-0.4, -0.2) is 61.7 Å². The molecule has 2 amide bonds. The molecule has 1 heterocycles. The number of methoxy groups -OCH3 is 1. The maximum Gasteiger partial charge on any atom is 0.409 e. The molecule has 1 saturated heterocycles. The smallest absolute Gasteiger partial charge is 0.409 e. The van der Waals surface area contributed by atoms with Crippen molar-refractivity contribution in [2.24, 2.45) is 0 Å². The van der Waals surface area contributed by atoms with E-state index in [9.17, 15) is 9.59 Å². The van der Waals surface area contributed by atoms with Gasteiger partial charge >= 0.3 is 6.09 Å². The number of ether oxygens (including phenoxy) is 2. The van der Waals surface area contributed by atoms with Crippen molar-refractivity contribution in [3.63, 3.8) is 0 Å². The second-order valence-electron chi connectivity index (χ2n) is 6.73. The first-order valence-electron chi connectivity index (χ1n) is 9.22. The molecular formula is C20H30N2O4. The summed E-state index contributed by atoms with van der Waals surface area (Å²) in [6, 6.07) is 2.04. The zero-order valence-electron chi connectivity index (χ0n) is 16.6. The first-order chi connectivity index (χ1) is 12.4. The maximum absolute atomic E-state index is 12.8. The number of nitrogens with zero attached hydrogens (tertiary/aromatic N) is 2. The highest BCUT2D eigenvalue weighted by Crippen LogP contribution is 2.29. The van der Waals surface area contributed by atoms with E-state index in [4.69, 9.17) is 9.47 Å². The van der Waals surface area contributed by atoms with Crippen LogP contribution in [-0.2, 0) is 16.0 Å². The van der Waals surface area contributed by atoms with Crippen molar-refractivity contribution < 1.29 is 19.1 Å². The first kappa shape index (κ1) is 20.1. The molecule has 1 aliphatic heterocycles. The number of carbonyl (C=O) groups excluding carboxylic acids is 2. The predicted octanol–water partition coefficient (Wildman–Crippen LogP) is 2.85. The molecule has 1 aromatic rings. The number of carbonyl (C=O) groups is 2. The standard InChI is InChI=1S/C20H30N2O4/c1-6-26-20(24)22-9-7-8-21(10-11-22)18(23)13-17-12-14(2)19(25-5)16(4)15(17)3/h12H,6-11,13H2,1-5H3. The number of rotatable bonds is 4. The fourth-order valence-corrected chi connectivity index (χ4v) is 3.48. The molecule has 0 aromatic heterocycles. The summed E-state index contributed by atoms with van der Waals surface area (Å²) in [5, 5.41) is 0. The van der Waals surface area contributed by atoms with Crippen LogP contribution >= 0.6 is 0 Å². The van der Waals surface area contributed by atoms with Crippen LogP contribution < -0.4 is 4.74 Å². The second-order valence-corrected chi connectivity index (χ2v) is 6.73. The van der Waals surface area contributed by atoms with E-state index in [-0.39, 0.29) is 12.0 Å². The largest absolute Gasteiger partial charge is 0.496 e. The van der Waals surface area contributed by atoms with E-state index < -0.39 is 0 Å². The van der Waals surface area contributed by atoms with Crippen LogP contribution in [0.25, 0.3) is 0 Å². The lowest BCUT2D eigenvalue weighted by Crippen LogP contribution is -2.38. The highest BCUT2D eigenvalue weighted by molar-refractivity contribution is 5.79. The Hall–Kier alpha value is -2.24. The van der Waals surface area contributed by atoms with E-state index in [2.05, 4.69) is 0 Å². The minimum absolute atomic E-state index is 0.0998. The molecule has 0 saturated carbocycles. The van der Waals surface area contributed by atoms with Crippen LogP contribution in [0.5, 0.6) is 5.75 Å². The Morgan fingerprint density at radius 2 is 1.69 bits per heavy atom. The van der Waals surface area contributed by atoms with E-state index in [0.29, 0.717) is 39.2 Å². The summed E-state index contributed by atoms with van der Waals surface area (Å²) in [4.78, 5) is 28.2. The van der Waals surface area contributed by atoms with Gasteiger partial charge in [0.1, 0.15) is 5.75 Å². The van der Waals surface area contributed by atoms with Gasteiger partial charge in [-0.15, -0.1) is 0 Å². The molecule has 26 heavy (non-hydrogen) atoms. The van der Waals surface area contributed by atoms with Crippen LogP contribution in [0.4, 0.5) is 4.79 Å². The van der Waals surface area contributed by atoms with Crippen LogP contribution in [0.2, 0.25) is 0 Å². The molecule has 1 aliphatic rings. The quantitative estimate of drug-likeness (QED) is 0.826. The van der Waals surface area contributed by atoms with Gasteiger partial charge in [0, 0.05) is 26.2 Å². The molecule has 0 atom stereocenters. The van der Waals surface area contributed by atoms with Gasteiger partial charge in [-0.1, -0.05) is 6.07 Å². The number of aryl methyl sites for hydroxylation is 1. The minimum Gasteiger partial charge on any atom is -0.496 e. The van der Waals surface area contributed by atoms with Gasteiger partial charge in [0.05, 0.1) is 20.1 Å². The van der Waals surface area contributed by atoms with E-state index >= 15 is 0 Å². The fourth-order valence-electron chi connectivity index (χ4n) is 3.48. The van der Waals surface area contributed by atoms with E-state index in [1.165, 1.54) is 0 Å². The zero-order valence-corrected chi connectivity index (χ0v) is 16.6. The molecule has 6 heteroatoms. The van der Waals surface area contributed by atoms with Crippen molar-refractivity contribution in [1.82, 2.24) is 9.80 Å². The molecule has 144 valence electrons. The van der Waals surface area contributed by atoms with Crippen molar-refractivity contribution in [2.45, 2.75) is 40.5 Å². The monoisotopic (exact) mass is 362 g/mol. The lowest BCUT2D eigenvalue weighted by Gasteiger charge is -2.23. The summed E-state index contributed by atoms with van der Waals surface area (Å²) in [6.45, 7) is 10.6. The molecule has 0 N–H and O–H groups in total. The number of hydrogen-bond acceptors (Lipinski definition) is 4. The van der Waals surface area contributed by atoms with Crippen LogP contribution in [0, 0.1) is 20.8 Å². The van der Waals surface area contributed by atoms with Gasteiger partial charge in [0.15, 0.2) is 0 Å². The first-order valence-corrected chi connectivity index (χ1v) is 9.22. The van der Waals surface area contributed by atoms with E-state index in [1.54, 1.807) is 18.9 Å². The molecule has 0 aliphatic carbocycles. The SMILES string of the molecule is CCOC(=O)N1CCCN(C(=O)Cc2cc(C)c(OC)c(C)c2C)CC1. The van der Waals surface area contributed by atoms with Gasteiger partial charge < -0.3 is 19.3 Å². The van der Waals surface area contributed by atoms with Gasteiger partial charge in [-0.3, -0.25) is 4.79 Å². The Balaban J connectivity index is 2.05. The van der Waals surface area contributed by atoms with Crippen molar-refractivity contribution in [2.75, 3.05) is 39.9 Å². The van der Waals surface area contributed by atoms with Crippen LogP contribution in [0.1, 0.15) is 35.6 Å². The summed E-state index contributed by atoms with van der Waals surface area (Å²) >= 11 is 0. The molecular weight excluding hydrogens is 332 g/mol. The molecule has 1 aromatic carbocycles. The number of benzene rings is 1. The van der Waals surface area contributed by atoms with Crippen molar-refractivity contribution in [3.8, 4) is 5.75 Å². The Bertz CT molecular complexity index is 672. The average Bonchev–Trinajstić information content (AvgIpc) is 2.86. The van der Waals surface area contributed by atoms with Gasteiger partial charge in [0.2, 0.25) is 5.91 Å². The van der Waals surface area contributed by atoms with Gasteiger partial charge in [-0.05, 0) is 56.4 Å².